The molecule has 0 amide bonds. The summed E-state index contributed by atoms with van der Waals surface area (Å²) < 4.78 is 5.18. The van der Waals surface area contributed by atoms with Crippen LogP contribution in [-0.2, 0) is 6.42 Å². The predicted molar refractivity (Wildman–Crippen MR) is 90.3 cm³/mol. The van der Waals surface area contributed by atoms with Crippen molar-refractivity contribution in [2.24, 2.45) is 5.73 Å². The van der Waals surface area contributed by atoms with Crippen molar-refractivity contribution in [3.05, 3.63) is 59.7 Å². The van der Waals surface area contributed by atoms with Gasteiger partial charge in [0.25, 0.3) is 0 Å². The average Bonchev–Trinajstić information content (AvgIpc) is 2.54. The Morgan fingerprint density at radius 1 is 1.18 bits per heavy atom. The summed E-state index contributed by atoms with van der Waals surface area (Å²) in [6.07, 6.45) is 0.0485. The molecule has 0 aromatic heterocycles. The van der Waals surface area contributed by atoms with E-state index in [0.29, 0.717) is 13.0 Å². The number of ether oxygens (including phenoxy) is 1. The van der Waals surface area contributed by atoms with Crippen LogP contribution in [0.3, 0.4) is 0 Å². The Kier molecular flexibility index (Phi) is 5.81. The fraction of sp³-hybridized carbons (Fsp3) is 0.333. The van der Waals surface area contributed by atoms with E-state index in [0.717, 1.165) is 22.6 Å². The summed E-state index contributed by atoms with van der Waals surface area (Å²) in [5, 5.41) is 13.5. The third-order valence-corrected chi connectivity index (χ3v) is 3.74. The smallest absolute Gasteiger partial charge is 0.119 e. The van der Waals surface area contributed by atoms with Gasteiger partial charge >= 0.3 is 0 Å². The zero-order valence-corrected chi connectivity index (χ0v) is 13.1. The lowest BCUT2D eigenvalue weighted by Gasteiger charge is -2.20. The van der Waals surface area contributed by atoms with Crippen molar-refractivity contribution in [3.63, 3.8) is 0 Å². The fourth-order valence-electron chi connectivity index (χ4n) is 2.35. The van der Waals surface area contributed by atoms with E-state index in [2.05, 4.69) is 5.32 Å². The summed E-state index contributed by atoms with van der Waals surface area (Å²) in [5.74, 6) is 0.823. The maximum atomic E-state index is 10.2. The highest BCUT2D eigenvalue weighted by atomic mass is 16.5. The summed E-state index contributed by atoms with van der Waals surface area (Å²) in [4.78, 5) is 0. The van der Waals surface area contributed by atoms with E-state index in [1.54, 1.807) is 7.11 Å². The lowest BCUT2D eigenvalue weighted by molar-refractivity contribution is 0.156. The molecule has 0 spiro atoms. The van der Waals surface area contributed by atoms with Crippen molar-refractivity contribution in [2.45, 2.75) is 25.5 Å². The highest BCUT2D eigenvalue weighted by Crippen LogP contribution is 2.21. The van der Waals surface area contributed by atoms with Gasteiger partial charge in [-0.1, -0.05) is 30.3 Å². The first-order valence-electron chi connectivity index (χ1n) is 7.46. The molecule has 4 nitrogen and oxygen atoms in total. The molecule has 0 unspecified atom stereocenters. The monoisotopic (exact) mass is 300 g/mol. The average molecular weight is 300 g/mol. The molecule has 2 aromatic rings. The van der Waals surface area contributed by atoms with E-state index in [1.807, 2.05) is 55.5 Å². The first-order chi connectivity index (χ1) is 10.6. The maximum absolute atomic E-state index is 10.2. The van der Waals surface area contributed by atoms with Crippen LogP contribution in [0.15, 0.2) is 48.5 Å². The summed E-state index contributed by atoms with van der Waals surface area (Å²) in [6.45, 7) is 2.42. The van der Waals surface area contributed by atoms with Gasteiger partial charge in [-0.05, 0) is 42.7 Å². The molecule has 118 valence electrons. The number of rotatable bonds is 7. The Morgan fingerprint density at radius 2 is 1.91 bits per heavy atom. The van der Waals surface area contributed by atoms with Crippen LogP contribution in [-0.4, -0.2) is 30.9 Å². The van der Waals surface area contributed by atoms with E-state index in [1.165, 1.54) is 0 Å². The molecule has 22 heavy (non-hydrogen) atoms. The van der Waals surface area contributed by atoms with Gasteiger partial charge in [-0.3, -0.25) is 0 Å². The number of aryl methyl sites for hydroxylation is 1. The van der Waals surface area contributed by atoms with Crippen LogP contribution < -0.4 is 15.8 Å². The molecule has 4 N–H and O–H groups in total. The van der Waals surface area contributed by atoms with Crippen molar-refractivity contribution in [2.75, 3.05) is 19.0 Å². The van der Waals surface area contributed by atoms with Gasteiger partial charge in [0.1, 0.15) is 5.75 Å². The van der Waals surface area contributed by atoms with Gasteiger partial charge in [-0.25, -0.2) is 0 Å². The molecule has 4 heteroatoms. The topological polar surface area (TPSA) is 67.5 Å². The van der Waals surface area contributed by atoms with Gasteiger partial charge in [-0.2, -0.15) is 0 Å². The largest absolute Gasteiger partial charge is 0.497 e. The minimum absolute atomic E-state index is 0.298. The number of nitrogens with two attached hydrogens (primary N) is 1. The van der Waals surface area contributed by atoms with Crippen molar-refractivity contribution < 1.29 is 9.84 Å². The van der Waals surface area contributed by atoms with Gasteiger partial charge in [0.15, 0.2) is 0 Å². The Labute approximate surface area is 131 Å². The summed E-state index contributed by atoms with van der Waals surface area (Å²) >= 11 is 0. The molecule has 2 atom stereocenters. The first-order valence-corrected chi connectivity index (χ1v) is 7.46. The van der Waals surface area contributed by atoms with Crippen molar-refractivity contribution in [1.82, 2.24) is 0 Å². The lowest BCUT2D eigenvalue weighted by atomic mass is 10.0. The quantitative estimate of drug-likeness (QED) is 0.734. The van der Waals surface area contributed by atoms with Crippen molar-refractivity contribution in [1.29, 1.82) is 0 Å². The Morgan fingerprint density at radius 3 is 2.55 bits per heavy atom. The minimum atomic E-state index is -0.610. The molecule has 0 aliphatic heterocycles. The molecule has 0 aliphatic rings. The van der Waals surface area contributed by atoms with E-state index in [9.17, 15) is 5.11 Å². The normalized spacial score (nSPS) is 13.5. The number of methoxy groups -OCH3 is 1. The molecule has 0 radical (unpaired) electrons. The lowest BCUT2D eigenvalue weighted by Crippen LogP contribution is -2.41. The number of benzene rings is 2. The van der Waals surface area contributed by atoms with Crippen LogP contribution >= 0.6 is 0 Å². The van der Waals surface area contributed by atoms with Crippen LogP contribution in [0, 0.1) is 6.92 Å². The number of aliphatic hydroxyl groups excluding tert-OH is 1. The van der Waals surface area contributed by atoms with Crippen LogP contribution in [0.1, 0.15) is 11.1 Å². The summed E-state index contributed by atoms with van der Waals surface area (Å²) in [6, 6.07) is 15.5. The SMILES string of the molecule is COc1ccc(NC[C@@H](O)[C@@H](N)Cc2ccccc2)c(C)c1. The van der Waals surface area contributed by atoms with Gasteiger partial charge in [0.05, 0.1) is 13.2 Å². The summed E-state index contributed by atoms with van der Waals surface area (Å²) in [7, 11) is 1.65. The summed E-state index contributed by atoms with van der Waals surface area (Å²) in [5.41, 5.74) is 9.27. The minimum Gasteiger partial charge on any atom is -0.497 e. The Balaban J connectivity index is 1.88. The zero-order chi connectivity index (χ0) is 15.9. The second kappa shape index (κ2) is 7.82. The standard InChI is InChI=1S/C18H24N2O2/c1-13-10-15(22-2)8-9-17(13)20-12-18(21)16(19)11-14-6-4-3-5-7-14/h3-10,16,18,20-21H,11-12,19H2,1-2H3/t16-,18+/m0/s1. The molecule has 0 saturated heterocycles. The number of hydrogen-bond acceptors (Lipinski definition) is 4. The fourth-order valence-corrected chi connectivity index (χ4v) is 2.35. The number of hydrogen-bond donors (Lipinski definition) is 3. The van der Waals surface area contributed by atoms with E-state index < -0.39 is 6.10 Å². The molecule has 0 bridgehead atoms. The Bertz CT molecular complexity index is 587. The molecule has 0 fully saturated rings. The first kappa shape index (κ1) is 16.3. The van der Waals surface area contributed by atoms with Crippen LogP contribution in [0.5, 0.6) is 5.75 Å². The molecule has 0 heterocycles. The number of nitrogens with one attached hydrogen (secondary N) is 1. The predicted octanol–water partition coefficient (Wildman–Crippen LogP) is 2.35. The highest BCUT2D eigenvalue weighted by molar-refractivity contribution is 5.53. The molecule has 2 aromatic carbocycles. The van der Waals surface area contributed by atoms with E-state index >= 15 is 0 Å². The number of anilines is 1. The zero-order valence-electron chi connectivity index (χ0n) is 13.1. The van der Waals surface area contributed by atoms with Gasteiger partial charge in [0.2, 0.25) is 0 Å². The molecule has 0 saturated carbocycles. The van der Waals surface area contributed by atoms with Gasteiger partial charge < -0.3 is 20.9 Å². The van der Waals surface area contributed by atoms with E-state index in [-0.39, 0.29) is 6.04 Å². The molecule has 2 rings (SSSR count). The van der Waals surface area contributed by atoms with Gasteiger partial charge in [-0.15, -0.1) is 0 Å². The van der Waals surface area contributed by atoms with Crippen LogP contribution in [0.4, 0.5) is 5.69 Å². The van der Waals surface area contributed by atoms with E-state index in [4.69, 9.17) is 10.5 Å². The van der Waals surface area contributed by atoms with Crippen molar-refractivity contribution >= 4 is 5.69 Å². The third-order valence-electron chi connectivity index (χ3n) is 3.74. The molecular weight excluding hydrogens is 276 g/mol. The van der Waals surface area contributed by atoms with Crippen molar-refractivity contribution in [3.8, 4) is 5.75 Å². The number of aliphatic hydroxyl groups is 1. The second-order valence-electron chi connectivity index (χ2n) is 5.48. The van der Waals surface area contributed by atoms with Crippen LogP contribution in [0.25, 0.3) is 0 Å². The Hall–Kier alpha value is -2.04. The maximum Gasteiger partial charge on any atom is 0.119 e. The van der Waals surface area contributed by atoms with Gasteiger partial charge in [0, 0.05) is 18.3 Å². The second-order valence-corrected chi connectivity index (χ2v) is 5.48. The third kappa shape index (κ3) is 4.48. The molecular formula is C18H24N2O2. The van der Waals surface area contributed by atoms with Crippen LogP contribution in [0.2, 0.25) is 0 Å². The highest BCUT2D eigenvalue weighted by Gasteiger charge is 2.15. The molecule has 0 aliphatic carbocycles.